The Hall–Kier alpha value is -3.43. The molecule has 10 heteroatoms. The van der Waals surface area contributed by atoms with Gasteiger partial charge in [0.2, 0.25) is 11.8 Å². The van der Waals surface area contributed by atoms with Gasteiger partial charge in [-0.15, -0.1) is 16.4 Å². The van der Waals surface area contributed by atoms with Crippen molar-refractivity contribution in [1.29, 1.82) is 0 Å². The van der Waals surface area contributed by atoms with Gasteiger partial charge in [0, 0.05) is 15.4 Å². The lowest BCUT2D eigenvalue weighted by Gasteiger charge is -2.34. The van der Waals surface area contributed by atoms with E-state index in [0.29, 0.717) is 32.4 Å². The van der Waals surface area contributed by atoms with Crippen LogP contribution in [0.5, 0.6) is 5.75 Å². The van der Waals surface area contributed by atoms with Gasteiger partial charge >= 0.3 is 0 Å². The number of fused-ring (bicyclic) bond motifs is 1. The van der Waals surface area contributed by atoms with E-state index in [4.69, 9.17) is 16.3 Å². The summed E-state index contributed by atoms with van der Waals surface area (Å²) in [4.78, 5) is 30.1. The lowest BCUT2D eigenvalue weighted by atomic mass is 10.0. The molecule has 2 amide bonds. The summed E-state index contributed by atoms with van der Waals surface area (Å²) in [5.74, 6) is -0.252. The van der Waals surface area contributed by atoms with Crippen LogP contribution in [0.3, 0.4) is 0 Å². The third-order valence-electron chi connectivity index (χ3n) is 6.04. The highest BCUT2D eigenvalue weighted by molar-refractivity contribution is 7.10. The molecule has 0 fully saturated rings. The zero-order valence-corrected chi connectivity index (χ0v) is 22.1. The molecule has 8 nitrogen and oxygen atoms in total. The molecule has 2 aromatic heterocycles. The molecule has 0 radical (unpaired) electrons. The minimum Gasteiger partial charge on any atom is -0.495 e. The largest absolute Gasteiger partial charge is 0.495 e. The number of para-hydroxylation sites is 1. The number of nitrogens with zero attached hydrogens (tertiary/aromatic N) is 4. The van der Waals surface area contributed by atoms with Crippen molar-refractivity contribution in [3.8, 4) is 5.75 Å². The Morgan fingerprint density at radius 1 is 1.19 bits per heavy atom. The number of aromatic nitrogens is 3. The number of halogens is 1. The second-order valence-corrected chi connectivity index (χ2v) is 10.4. The predicted octanol–water partition coefficient (Wildman–Crippen LogP) is 5.23. The van der Waals surface area contributed by atoms with Gasteiger partial charge in [0.05, 0.1) is 18.3 Å². The number of hydrogen-bond acceptors (Lipinski definition) is 6. The van der Waals surface area contributed by atoms with Gasteiger partial charge in [0.15, 0.2) is 0 Å². The molecular formula is C26H28ClN5O3S. The minimum absolute atomic E-state index is 0.136. The molecule has 0 spiro atoms. The second kappa shape index (κ2) is 10.7. The summed E-state index contributed by atoms with van der Waals surface area (Å²) in [6, 6.07) is 15.1. The molecule has 4 rings (SSSR count). The first-order chi connectivity index (χ1) is 17.2. The van der Waals surface area contributed by atoms with Crippen LogP contribution in [0.4, 0.5) is 5.69 Å². The fraction of sp³-hybridized carbons (Fsp3) is 0.308. The summed E-state index contributed by atoms with van der Waals surface area (Å²) in [5, 5.41) is 13.7. The normalized spacial score (nSPS) is 12.4. The number of methoxy groups -OCH3 is 1. The SMILES string of the molecule is CCC(C)(C)NC(=O)[C@H](c1cccs1)N(C(=O)Cn1nnc2ccccc21)c1cc(Cl)ccc1OC. The second-order valence-electron chi connectivity index (χ2n) is 8.96. The molecule has 0 saturated heterocycles. The maximum absolute atomic E-state index is 14.1. The highest BCUT2D eigenvalue weighted by atomic mass is 35.5. The van der Waals surface area contributed by atoms with E-state index in [1.807, 2.05) is 62.5 Å². The smallest absolute Gasteiger partial charge is 0.249 e. The summed E-state index contributed by atoms with van der Waals surface area (Å²) >= 11 is 7.76. The van der Waals surface area contributed by atoms with E-state index in [1.165, 1.54) is 28.0 Å². The van der Waals surface area contributed by atoms with Crippen LogP contribution in [0.15, 0.2) is 60.0 Å². The van der Waals surface area contributed by atoms with Crippen molar-refractivity contribution < 1.29 is 14.3 Å². The summed E-state index contributed by atoms with van der Waals surface area (Å²) in [6.45, 7) is 5.76. The van der Waals surface area contributed by atoms with Crippen molar-refractivity contribution in [2.75, 3.05) is 12.0 Å². The first-order valence-corrected chi connectivity index (χ1v) is 12.8. The average molecular weight is 526 g/mol. The van der Waals surface area contributed by atoms with E-state index in [2.05, 4.69) is 15.6 Å². The Balaban J connectivity index is 1.84. The topological polar surface area (TPSA) is 89.4 Å². The van der Waals surface area contributed by atoms with Gasteiger partial charge in [-0.2, -0.15) is 0 Å². The molecule has 188 valence electrons. The number of nitrogens with one attached hydrogen (secondary N) is 1. The number of carbonyl (C=O) groups is 2. The van der Waals surface area contributed by atoms with Gasteiger partial charge in [-0.3, -0.25) is 14.5 Å². The minimum atomic E-state index is -0.953. The number of anilines is 1. The Kier molecular flexibility index (Phi) is 7.61. The number of ether oxygens (including phenoxy) is 1. The van der Waals surface area contributed by atoms with Crippen LogP contribution in [0.2, 0.25) is 5.02 Å². The van der Waals surface area contributed by atoms with Crippen LogP contribution in [0.1, 0.15) is 38.1 Å². The molecule has 36 heavy (non-hydrogen) atoms. The lowest BCUT2D eigenvalue weighted by molar-refractivity contribution is -0.128. The Labute approximate surface area is 218 Å². The molecular weight excluding hydrogens is 498 g/mol. The van der Waals surface area contributed by atoms with Crippen LogP contribution in [0.25, 0.3) is 11.0 Å². The van der Waals surface area contributed by atoms with Crippen molar-refractivity contribution in [3.63, 3.8) is 0 Å². The number of rotatable bonds is 9. The van der Waals surface area contributed by atoms with Crippen molar-refractivity contribution in [2.45, 2.75) is 45.3 Å². The van der Waals surface area contributed by atoms with E-state index in [-0.39, 0.29) is 18.4 Å². The molecule has 4 aromatic rings. The number of benzene rings is 2. The number of hydrogen-bond donors (Lipinski definition) is 1. The van der Waals surface area contributed by atoms with E-state index in [9.17, 15) is 9.59 Å². The van der Waals surface area contributed by atoms with Crippen molar-refractivity contribution in [1.82, 2.24) is 20.3 Å². The molecule has 0 aliphatic heterocycles. The first kappa shape index (κ1) is 25.7. The Bertz CT molecular complexity index is 1370. The van der Waals surface area contributed by atoms with Gasteiger partial charge in [-0.1, -0.05) is 41.9 Å². The third kappa shape index (κ3) is 5.37. The van der Waals surface area contributed by atoms with E-state index >= 15 is 0 Å². The molecule has 0 unspecified atom stereocenters. The fourth-order valence-electron chi connectivity index (χ4n) is 3.82. The zero-order valence-electron chi connectivity index (χ0n) is 20.6. The first-order valence-electron chi connectivity index (χ1n) is 11.5. The Morgan fingerprint density at radius 2 is 1.97 bits per heavy atom. The molecule has 0 aliphatic carbocycles. The maximum Gasteiger partial charge on any atom is 0.249 e. The van der Waals surface area contributed by atoms with Crippen molar-refractivity contribution in [3.05, 3.63) is 69.9 Å². The average Bonchev–Trinajstić information content (AvgIpc) is 3.52. The van der Waals surface area contributed by atoms with Crippen LogP contribution in [-0.4, -0.2) is 39.5 Å². The summed E-state index contributed by atoms with van der Waals surface area (Å²) < 4.78 is 7.12. The van der Waals surface area contributed by atoms with Crippen LogP contribution in [-0.2, 0) is 16.1 Å². The highest BCUT2D eigenvalue weighted by Crippen LogP contribution is 2.38. The van der Waals surface area contributed by atoms with Gasteiger partial charge in [0.1, 0.15) is 23.9 Å². The molecule has 1 atom stereocenters. The molecule has 0 saturated carbocycles. The van der Waals surface area contributed by atoms with Gasteiger partial charge in [0.25, 0.3) is 0 Å². The van der Waals surface area contributed by atoms with E-state index in [0.717, 1.165) is 6.42 Å². The number of amides is 2. The number of carbonyl (C=O) groups excluding carboxylic acids is 2. The third-order valence-corrected chi connectivity index (χ3v) is 7.20. The zero-order chi connectivity index (χ0) is 25.9. The van der Waals surface area contributed by atoms with Crippen molar-refractivity contribution >= 4 is 51.5 Å². The molecule has 2 heterocycles. The molecule has 0 bridgehead atoms. The van der Waals surface area contributed by atoms with Crippen LogP contribution >= 0.6 is 22.9 Å². The summed E-state index contributed by atoms with van der Waals surface area (Å²) in [6.07, 6.45) is 0.718. The van der Waals surface area contributed by atoms with Gasteiger partial charge < -0.3 is 10.1 Å². The fourth-order valence-corrected chi connectivity index (χ4v) is 4.80. The number of thiophene rings is 1. The summed E-state index contributed by atoms with van der Waals surface area (Å²) in [5.41, 5.74) is 1.31. The highest BCUT2D eigenvalue weighted by Gasteiger charge is 2.37. The lowest BCUT2D eigenvalue weighted by Crippen LogP contribution is -2.51. The molecule has 0 aliphatic rings. The monoisotopic (exact) mass is 525 g/mol. The summed E-state index contributed by atoms with van der Waals surface area (Å²) in [7, 11) is 1.51. The van der Waals surface area contributed by atoms with Gasteiger partial charge in [-0.05, 0) is 62.0 Å². The van der Waals surface area contributed by atoms with Gasteiger partial charge in [-0.25, -0.2) is 4.68 Å². The quantitative estimate of drug-likeness (QED) is 0.323. The van der Waals surface area contributed by atoms with E-state index in [1.54, 1.807) is 18.2 Å². The molecule has 1 N–H and O–H groups in total. The molecule has 2 aromatic carbocycles. The standard InChI is InChI=1S/C26H28ClN5O3S/c1-5-26(2,3)28-25(34)24(22-11-8-14-36-22)32(20-15-17(27)12-13-21(20)35-4)23(33)16-31-19-10-7-6-9-18(19)29-30-31/h6-15,24H,5,16H2,1-4H3,(H,28,34)/t24-/m0/s1. The van der Waals surface area contributed by atoms with E-state index < -0.39 is 11.6 Å². The predicted molar refractivity (Wildman–Crippen MR) is 143 cm³/mol. The Morgan fingerprint density at radius 3 is 2.67 bits per heavy atom. The maximum atomic E-state index is 14.1. The van der Waals surface area contributed by atoms with Crippen LogP contribution < -0.4 is 15.0 Å². The van der Waals surface area contributed by atoms with Crippen molar-refractivity contribution in [2.24, 2.45) is 0 Å². The van der Waals surface area contributed by atoms with Crippen LogP contribution in [0, 0.1) is 0 Å².